The Kier molecular flexibility index (Phi) is 2.97. The van der Waals surface area contributed by atoms with E-state index >= 15 is 0 Å². The van der Waals surface area contributed by atoms with Gasteiger partial charge in [0.05, 0.1) is 6.20 Å². The molecule has 0 saturated carbocycles. The van der Waals surface area contributed by atoms with Gasteiger partial charge in [-0.2, -0.15) is 0 Å². The molecule has 2 heterocycles. The zero-order valence-corrected chi connectivity index (χ0v) is 8.64. The van der Waals surface area contributed by atoms with E-state index < -0.39 is 0 Å². The van der Waals surface area contributed by atoms with Gasteiger partial charge in [-0.15, -0.1) is 0 Å². The molecular formula is C11H14N2O2. The smallest absolute Gasteiger partial charge is 0.154 e. The van der Waals surface area contributed by atoms with Gasteiger partial charge in [-0.3, -0.25) is 9.78 Å². The minimum Gasteiger partial charge on any atom is -0.487 e. The fraction of sp³-hybridized carbons (Fsp3) is 0.455. The SMILES string of the molecule is CC(Oc1cccnc1)[C@@H]1NCCC1=O. The van der Waals surface area contributed by atoms with Gasteiger partial charge in [0.1, 0.15) is 17.9 Å². The minimum absolute atomic E-state index is 0.149. The molecule has 0 bridgehead atoms. The van der Waals surface area contributed by atoms with E-state index in [9.17, 15) is 4.79 Å². The Balaban J connectivity index is 1.97. The number of carbonyl (C=O) groups is 1. The van der Waals surface area contributed by atoms with E-state index in [-0.39, 0.29) is 17.9 Å². The molecule has 0 aromatic carbocycles. The first kappa shape index (κ1) is 10.1. The third-order valence-corrected chi connectivity index (χ3v) is 2.51. The molecular weight excluding hydrogens is 192 g/mol. The molecule has 1 N–H and O–H groups in total. The largest absolute Gasteiger partial charge is 0.487 e. The lowest BCUT2D eigenvalue weighted by Crippen LogP contribution is -2.41. The molecule has 4 heteroatoms. The highest BCUT2D eigenvalue weighted by molar-refractivity contribution is 5.86. The number of hydrogen-bond donors (Lipinski definition) is 1. The van der Waals surface area contributed by atoms with Gasteiger partial charge in [0.15, 0.2) is 5.78 Å². The van der Waals surface area contributed by atoms with Crippen molar-refractivity contribution in [3.63, 3.8) is 0 Å². The molecule has 0 spiro atoms. The summed E-state index contributed by atoms with van der Waals surface area (Å²) < 4.78 is 5.62. The number of Topliss-reactive ketones (excluding diaryl/α,β-unsaturated/α-hetero) is 1. The van der Waals surface area contributed by atoms with Crippen LogP contribution in [0, 0.1) is 0 Å². The summed E-state index contributed by atoms with van der Waals surface area (Å²) in [5.74, 6) is 0.929. The zero-order chi connectivity index (χ0) is 10.7. The predicted molar refractivity (Wildman–Crippen MR) is 55.7 cm³/mol. The second-order valence-electron chi connectivity index (χ2n) is 3.66. The van der Waals surface area contributed by atoms with Gasteiger partial charge >= 0.3 is 0 Å². The first-order valence-corrected chi connectivity index (χ1v) is 5.10. The predicted octanol–water partition coefficient (Wildman–Crippen LogP) is 0.780. The molecule has 1 fully saturated rings. The average molecular weight is 206 g/mol. The van der Waals surface area contributed by atoms with Crippen LogP contribution in [0.3, 0.4) is 0 Å². The van der Waals surface area contributed by atoms with Crippen LogP contribution in [0.1, 0.15) is 13.3 Å². The lowest BCUT2D eigenvalue weighted by Gasteiger charge is -2.19. The van der Waals surface area contributed by atoms with Crippen LogP contribution in [0.4, 0.5) is 0 Å². The molecule has 0 amide bonds. The second-order valence-corrected chi connectivity index (χ2v) is 3.66. The average Bonchev–Trinajstić information content (AvgIpc) is 2.66. The summed E-state index contributed by atoms with van der Waals surface area (Å²) in [5.41, 5.74) is 0. The van der Waals surface area contributed by atoms with Crippen LogP contribution >= 0.6 is 0 Å². The summed E-state index contributed by atoms with van der Waals surface area (Å²) >= 11 is 0. The van der Waals surface area contributed by atoms with Crippen LogP contribution in [-0.4, -0.2) is 29.5 Å². The van der Waals surface area contributed by atoms with Crippen LogP contribution in [0.25, 0.3) is 0 Å². The maximum atomic E-state index is 11.4. The van der Waals surface area contributed by atoms with Gasteiger partial charge in [-0.05, 0) is 19.1 Å². The number of pyridine rings is 1. The van der Waals surface area contributed by atoms with Crippen molar-refractivity contribution >= 4 is 5.78 Å². The Morgan fingerprint density at radius 1 is 1.67 bits per heavy atom. The van der Waals surface area contributed by atoms with Crippen molar-refractivity contribution in [1.82, 2.24) is 10.3 Å². The first-order chi connectivity index (χ1) is 7.27. The molecule has 1 unspecified atom stereocenters. The highest BCUT2D eigenvalue weighted by Crippen LogP contribution is 2.14. The van der Waals surface area contributed by atoms with E-state index in [1.807, 2.05) is 19.1 Å². The first-order valence-electron chi connectivity index (χ1n) is 5.10. The lowest BCUT2D eigenvalue weighted by molar-refractivity contribution is -0.120. The summed E-state index contributed by atoms with van der Waals surface area (Å²) in [6.07, 6.45) is 3.79. The van der Waals surface area contributed by atoms with Gasteiger partial charge in [0.25, 0.3) is 0 Å². The van der Waals surface area contributed by atoms with Crippen LogP contribution in [0.15, 0.2) is 24.5 Å². The van der Waals surface area contributed by atoms with Crippen molar-refractivity contribution in [2.45, 2.75) is 25.5 Å². The van der Waals surface area contributed by atoms with Crippen LogP contribution in [0.5, 0.6) is 5.75 Å². The van der Waals surface area contributed by atoms with E-state index in [2.05, 4.69) is 10.3 Å². The number of ether oxygens (including phenoxy) is 1. The molecule has 0 aliphatic carbocycles. The number of nitrogens with zero attached hydrogens (tertiary/aromatic N) is 1. The van der Waals surface area contributed by atoms with Crippen LogP contribution < -0.4 is 10.1 Å². The summed E-state index contributed by atoms with van der Waals surface area (Å²) in [6.45, 7) is 2.65. The van der Waals surface area contributed by atoms with E-state index in [1.165, 1.54) is 0 Å². The van der Waals surface area contributed by atoms with E-state index in [0.29, 0.717) is 12.2 Å². The topological polar surface area (TPSA) is 51.2 Å². The summed E-state index contributed by atoms with van der Waals surface area (Å²) in [5, 5.41) is 3.13. The normalized spacial score (nSPS) is 22.7. The van der Waals surface area contributed by atoms with Gasteiger partial charge in [0, 0.05) is 19.2 Å². The molecule has 1 aromatic heterocycles. The molecule has 4 nitrogen and oxygen atoms in total. The second kappa shape index (κ2) is 4.40. The highest BCUT2D eigenvalue weighted by Gasteiger charge is 2.30. The van der Waals surface area contributed by atoms with Crippen molar-refractivity contribution in [2.75, 3.05) is 6.54 Å². The highest BCUT2D eigenvalue weighted by atomic mass is 16.5. The van der Waals surface area contributed by atoms with E-state index in [0.717, 1.165) is 6.54 Å². The Hall–Kier alpha value is -1.42. The van der Waals surface area contributed by atoms with Crippen molar-refractivity contribution in [2.24, 2.45) is 0 Å². The molecule has 1 aliphatic rings. The minimum atomic E-state index is -0.176. The van der Waals surface area contributed by atoms with Crippen LogP contribution in [-0.2, 0) is 4.79 Å². The van der Waals surface area contributed by atoms with Crippen molar-refractivity contribution in [1.29, 1.82) is 0 Å². The fourth-order valence-electron chi connectivity index (χ4n) is 1.75. The molecule has 1 aliphatic heterocycles. The molecule has 2 rings (SSSR count). The molecule has 0 radical (unpaired) electrons. The maximum Gasteiger partial charge on any atom is 0.154 e. The van der Waals surface area contributed by atoms with Gasteiger partial charge in [0.2, 0.25) is 0 Å². The molecule has 1 saturated heterocycles. The molecule has 80 valence electrons. The van der Waals surface area contributed by atoms with Gasteiger partial charge < -0.3 is 10.1 Å². The summed E-state index contributed by atoms with van der Waals surface area (Å²) in [6, 6.07) is 3.47. The Labute approximate surface area is 88.7 Å². The standard InChI is InChI=1S/C11H14N2O2/c1-8(11-10(14)4-6-13-11)15-9-3-2-5-12-7-9/h2-3,5,7-8,11,13H,4,6H2,1H3/t8?,11-/m0/s1. The fourth-order valence-corrected chi connectivity index (χ4v) is 1.75. The van der Waals surface area contributed by atoms with Gasteiger partial charge in [-0.25, -0.2) is 0 Å². The third-order valence-electron chi connectivity index (χ3n) is 2.51. The summed E-state index contributed by atoms with van der Waals surface area (Å²) in [7, 11) is 0. The van der Waals surface area contributed by atoms with E-state index in [4.69, 9.17) is 4.74 Å². The number of carbonyl (C=O) groups excluding carboxylic acids is 1. The van der Waals surface area contributed by atoms with Crippen LogP contribution in [0.2, 0.25) is 0 Å². The quantitative estimate of drug-likeness (QED) is 0.794. The van der Waals surface area contributed by atoms with Gasteiger partial charge in [-0.1, -0.05) is 0 Å². The van der Waals surface area contributed by atoms with Crippen molar-refractivity contribution in [3.05, 3.63) is 24.5 Å². The maximum absolute atomic E-state index is 11.4. The zero-order valence-electron chi connectivity index (χ0n) is 8.64. The number of rotatable bonds is 3. The number of aromatic nitrogens is 1. The monoisotopic (exact) mass is 206 g/mol. The van der Waals surface area contributed by atoms with Crippen molar-refractivity contribution in [3.8, 4) is 5.75 Å². The Bertz CT molecular complexity index is 340. The summed E-state index contributed by atoms with van der Waals surface area (Å²) in [4.78, 5) is 15.4. The van der Waals surface area contributed by atoms with Crippen molar-refractivity contribution < 1.29 is 9.53 Å². The molecule has 15 heavy (non-hydrogen) atoms. The number of nitrogens with one attached hydrogen (secondary N) is 1. The number of hydrogen-bond acceptors (Lipinski definition) is 4. The third kappa shape index (κ3) is 2.33. The van der Waals surface area contributed by atoms with E-state index in [1.54, 1.807) is 12.4 Å². The Morgan fingerprint density at radius 3 is 3.13 bits per heavy atom. The molecule has 2 atom stereocenters. The lowest BCUT2D eigenvalue weighted by atomic mass is 10.1. The molecule has 1 aromatic rings. The number of ketones is 1. The Morgan fingerprint density at radius 2 is 2.53 bits per heavy atom.